The van der Waals surface area contributed by atoms with E-state index in [0.29, 0.717) is 19.3 Å². The molecule has 0 rings (SSSR count). The summed E-state index contributed by atoms with van der Waals surface area (Å²) in [4.78, 5) is 21.4. The zero-order chi connectivity index (χ0) is 12.7. The van der Waals surface area contributed by atoms with Gasteiger partial charge in [0.05, 0.1) is 0 Å². The largest absolute Gasteiger partial charge is 0.480 e. The lowest BCUT2D eigenvalue weighted by Gasteiger charge is -2.13. The highest BCUT2D eigenvalue weighted by molar-refractivity contribution is 5.87. The molecule has 0 fully saturated rings. The molecule has 5 N–H and O–H groups in total. The van der Waals surface area contributed by atoms with Crippen molar-refractivity contribution in [2.24, 2.45) is 11.5 Å². The number of esters is 1. The average molecular weight is 230 g/mol. The standard InChI is InChI=1S/C10H18N2O4/c1-6(2)10(15)16-8(12)5-3-4-7(11)9(13)14/h7-8H,1,3-5,11-12H2,2H3,(H,13,14)/t7-,8?/m0/s1. The summed E-state index contributed by atoms with van der Waals surface area (Å²) in [7, 11) is 0. The molecule has 0 saturated carbocycles. The van der Waals surface area contributed by atoms with Crippen LogP contribution in [0.4, 0.5) is 0 Å². The van der Waals surface area contributed by atoms with Gasteiger partial charge in [-0.3, -0.25) is 10.5 Å². The van der Waals surface area contributed by atoms with Crippen LogP contribution in [0.2, 0.25) is 0 Å². The van der Waals surface area contributed by atoms with Gasteiger partial charge in [0.1, 0.15) is 6.04 Å². The molecule has 0 aromatic carbocycles. The molecule has 6 nitrogen and oxygen atoms in total. The fourth-order valence-corrected chi connectivity index (χ4v) is 0.959. The predicted molar refractivity (Wildman–Crippen MR) is 58.3 cm³/mol. The first-order valence-electron chi connectivity index (χ1n) is 4.95. The summed E-state index contributed by atoms with van der Waals surface area (Å²) >= 11 is 0. The minimum Gasteiger partial charge on any atom is -0.480 e. The van der Waals surface area contributed by atoms with Crippen molar-refractivity contribution in [3.05, 3.63) is 12.2 Å². The van der Waals surface area contributed by atoms with Gasteiger partial charge in [-0.25, -0.2) is 4.79 Å². The molecule has 0 spiro atoms. The highest BCUT2D eigenvalue weighted by Gasteiger charge is 2.14. The third-order valence-electron chi connectivity index (χ3n) is 1.93. The maximum Gasteiger partial charge on any atom is 0.334 e. The van der Waals surface area contributed by atoms with E-state index >= 15 is 0 Å². The summed E-state index contributed by atoms with van der Waals surface area (Å²) in [5, 5.41) is 8.51. The molecule has 0 heterocycles. The Morgan fingerprint density at radius 2 is 1.94 bits per heavy atom. The lowest BCUT2D eigenvalue weighted by atomic mass is 10.1. The SMILES string of the molecule is C=C(C)C(=O)OC(N)CCC[C@H](N)C(=O)O. The van der Waals surface area contributed by atoms with Crippen LogP contribution < -0.4 is 11.5 Å². The Hall–Kier alpha value is -1.40. The number of rotatable bonds is 7. The number of ether oxygens (including phenoxy) is 1. The Bertz CT molecular complexity index is 278. The molecule has 0 aliphatic heterocycles. The van der Waals surface area contributed by atoms with Crippen molar-refractivity contribution in [1.82, 2.24) is 0 Å². The first-order chi connectivity index (χ1) is 7.34. The van der Waals surface area contributed by atoms with Crippen molar-refractivity contribution < 1.29 is 19.4 Å². The fraction of sp³-hybridized carbons (Fsp3) is 0.600. The fourth-order valence-electron chi connectivity index (χ4n) is 0.959. The Morgan fingerprint density at radius 3 is 2.38 bits per heavy atom. The van der Waals surface area contributed by atoms with Gasteiger partial charge in [0, 0.05) is 5.57 Å². The van der Waals surface area contributed by atoms with Gasteiger partial charge in [0.2, 0.25) is 0 Å². The van der Waals surface area contributed by atoms with Crippen molar-refractivity contribution in [2.45, 2.75) is 38.5 Å². The first-order valence-corrected chi connectivity index (χ1v) is 4.95. The molecule has 0 aliphatic rings. The van der Waals surface area contributed by atoms with E-state index in [1.54, 1.807) is 0 Å². The van der Waals surface area contributed by atoms with Crippen LogP contribution in [0.25, 0.3) is 0 Å². The first kappa shape index (κ1) is 14.6. The van der Waals surface area contributed by atoms with Crippen molar-refractivity contribution in [3.63, 3.8) is 0 Å². The summed E-state index contributed by atoms with van der Waals surface area (Å²) in [6.45, 7) is 4.94. The highest BCUT2D eigenvalue weighted by atomic mass is 16.6. The van der Waals surface area contributed by atoms with Gasteiger partial charge in [0.25, 0.3) is 0 Å². The minimum absolute atomic E-state index is 0.276. The molecule has 0 aromatic rings. The lowest BCUT2D eigenvalue weighted by Crippen LogP contribution is -2.31. The molecule has 2 atom stereocenters. The molecular formula is C10H18N2O4. The van der Waals surface area contributed by atoms with E-state index in [1.165, 1.54) is 6.92 Å². The van der Waals surface area contributed by atoms with Gasteiger partial charge in [-0.05, 0) is 26.2 Å². The van der Waals surface area contributed by atoms with Gasteiger partial charge in [-0.2, -0.15) is 0 Å². The summed E-state index contributed by atoms with van der Waals surface area (Å²) in [5.41, 5.74) is 11.1. The molecule has 0 aromatic heterocycles. The van der Waals surface area contributed by atoms with Gasteiger partial charge in [-0.15, -0.1) is 0 Å². The second-order valence-electron chi connectivity index (χ2n) is 3.60. The number of hydrogen-bond donors (Lipinski definition) is 3. The summed E-state index contributed by atoms with van der Waals surface area (Å²) < 4.78 is 4.81. The summed E-state index contributed by atoms with van der Waals surface area (Å²) in [5.74, 6) is -1.59. The molecule has 0 radical (unpaired) electrons. The van der Waals surface area contributed by atoms with Crippen LogP contribution in [0.3, 0.4) is 0 Å². The zero-order valence-corrected chi connectivity index (χ0v) is 9.31. The Morgan fingerprint density at radius 1 is 1.38 bits per heavy atom. The van der Waals surface area contributed by atoms with E-state index < -0.39 is 24.2 Å². The second-order valence-corrected chi connectivity index (χ2v) is 3.60. The van der Waals surface area contributed by atoms with Crippen LogP contribution in [0.1, 0.15) is 26.2 Å². The van der Waals surface area contributed by atoms with Crippen molar-refractivity contribution in [1.29, 1.82) is 0 Å². The quantitative estimate of drug-likeness (QED) is 0.321. The van der Waals surface area contributed by atoms with E-state index in [2.05, 4.69) is 6.58 Å². The third kappa shape index (κ3) is 6.15. The van der Waals surface area contributed by atoms with Gasteiger partial charge < -0.3 is 15.6 Å². The van der Waals surface area contributed by atoms with Crippen LogP contribution >= 0.6 is 0 Å². The Kier molecular flexibility index (Phi) is 6.36. The van der Waals surface area contributed by atoms with E-state index in [4.69, 9.17) is 21.3 Å². The smallest absolute Gasteiger partial charge is 0.334 e. The number of carboxylic acid groups (broad SMARTS) is 1. The van der Waals surface area contributed by atoms with E-state index in [1.807, 2.05) is 0 Å². The topological polar surface area (TPSA) is 116 Å². The Balaban J connectivity index is 3.74. The number of aliphatic carboxylic acids is 1. The number of carbonyl (C=O) groups is 2. The summed E-state index contributed by atoms with van der Waals surface area (Å²) in [6, 6.07) is -0.899. The zero-order valence-electron chi connectivity index (χ0n) is 9.31. The average Bonchev–Trinajstić information content (AvgIpc) is 2.16. The number of carboxylic acids is 1. The number of hydrogen-bond acceptors (Lipinski definition) is 5. The molecule has 1 unspecified atom stereocenters. The van der Waals surface area contributed by atoms with Gasteiger partial charge in [0.15, 0.2) is 6.23 Å². The van der Waals surface area contributed by atoms with Crippen molar-refractivity contribution in [3.8, 4) is 0 Å². The summed E-state index contributed by atoms with van der Waals surface area (Å²) in [6.07, 6.45) is 0.413. The third-order valence-corrected chi connectivity index (χ3v) is 1.93. The number of carbonyl (C=O) groups excluding carboxylic acids is 1. The van der Waals surface area contributed by atoms with Crippen LogP contribution in [0, 0.1) is 0 Å². The molecule has 0 saturated heterocycles. The van der Waals surface area contributed by atoms with Crippen LogP contribution in [-0.4, -0.2) is 29.3 Å². The molecule has 0 aliphatic carbocycles. The molecule has 0 amide bonds. The van der Waals surface area contributed by atoms with Gasteiger partial charge in [-0.1, -0.05) is 6.58 Å². The van der Waals surface area contributed by atoms with Crippen LogP contribution in [0.5, 0.6) is 0 Å². The van der Waals surface area contributed by atoms with E-state index in [9.17, 15) is 9.59 Å². The molecular weight excluding hydrogens is 212 g/mol. The predicted octanol–water partition coefficient (Wildman–Crippen LogP) is -0.0273. The number of nitrogens with two attached hydrogens (primary N) is 2. The lowest BCUT2D eigenvalue weighted by molar-refractivity contribution is -0.144. The van der Waals surface area contributed by atoms with Gasteiger partial charge >= 0.3 is 11.9 Å². The highest BCUT2D eigenvalue weighted by Crippen LogP contribution is 2.05. The second kappa shape index (κ2) is 6.97. The van der Waals surface area contributed by atoms with Crippen molar-refractivity contribution >= 4 is 11.9 Å². The molecule has 16 heavy (non-hydrogen) atoms. The maximum absolute atomic E-state index is 11.0. The van der Waals surface area contributed by atoms with E-state index in [0.717, 1.165) is 0 Å². The van der Waals surface area contributed by atoms with Crippen molar-refractivity contribution in [2.75, 3.05) is 0 Å². The molecule has 6 heteroatoms. The van der Waals surface area contributed by atoms with Crippen LogP contribution in [0.15, 0.2) is 12.2 Å². The monoisotopic (exact) mass is 230 g/mol. The normalized spacial score (nSPS) is 13.9. The molecule has 0 bridgehead atoms. The minimum atomic E-state index is -1.05. The maximum atomic E-state index is 11.0. The van der Waals surface area contributed by atoms with E-state index in [-0.39, 0.29) is 5.57 Å². The molecule has 92 valence electrons. The Labute approximate surface area is 94.2 Å². The van der Waals surface area contributed by atoms with Crippen LogP contribution in [-0.2, 0) is 14.3 Å².